The first-order valence-corrected chi connectivity index (χ1v) is 6.70. The van der Waals surface area contributed by atoms with Gasteiger partial charge in [0.2, 0.25) is 5.28 Å². The topological polar surface area (TPSA) is 98.0 Å². The van der Waals surface area contributed by atoms with Crippen LogP contribution < -0.4 is 10.5 Å². The molecule has 0 radical (unpaired) electrons. The smallest absolute Gasteiger partial charge is 0.263 e. The molecule has 0 saturated carbocycles. The molecule has 8 heteroatoms. The minimum atomic E-state index is -3.73. The van der Waals surface area contributed by atoms with Crippen molar-refractivity contribution < 1.29 is 8.42 Å². The predicted octanol–water partition coefficient (Wildman–Crippen LogP) is 1.51. The second kappa shape index (κ2) is 4.79. The van der Waals surface area contributed by atoms with E-state index in [1.54, 1.807) is 12.1 Å². The Balaban J connectivity index is 2.33. The van der Waals surface area contributed by atoms with Crippen LogP contribution in [0.5, 0.6) is 0 Å². The van der Waals surface area contributed by atoms with Crippen LogP contribution >= 0.6 is 11.6 Å². The Bertz CT molecular complexity index is 675. The van der Waals surface area contributed by atoms with Crippen LogP contribution in [0.2, 0.25) is 5.28 Å². The van der Waals surface area contributed by atoms with E-state index in [2.05, 4.69) is 14.7 Å². The van der Waals surface area contributed by atoms with E-state index in [1.807, 2.05) is 0 Å². The molecule has 0 aliphatic heterocycles. The quantitative estimate of drug-likeness (QED) is 0.658. The Morgan fingerprint density at radius 2 is 2.06 bits per heavy atom. The molecule has 0 aliphatic rings. The lowest BCUT2D eigenvalue weighted by atomic mass is 10.3. The van der Waals surface area contributed by atoms with E-state index >= 15 is 0 Å². The van der Waals surface area contributed by atoms with Crippen LogP contribution in [-0.2, 0) is 10.0 Å². The van der Waals surface area contributed by atoms with Crippen molar-refractivity contribution >= 4 is 33.1 Å². The molecule has 94 valence electrons. The van der Waals surface area contributed by atoms with Gasteiger partial charge in [-0.2, -0.15) is 4.98 Å². The second-order valence-electron chi connectivity index (χ2n) is 3.39. The third-order valence-corrected chi connectivity index (χ3v) is 3.57. The van der Waals surface area contributed by atoms with Gasteiger partial charge in [0.25, 0.3) is 10.0 Å². The van der Waals surface area contributed by atoms with Gasteiger partial charge >= 0.3 is 0 Å². The minimum absolute atomic E-state index is 0.0391. The van der Waals surface area contributed by atoms with Gasteiger partial charge in [-0.05, 0) is 35.9 Å². The molecule has 0 bridgehead atoms. The van der Waals surface area contributed by atoms with Gasteiger partial charge in [-0.1, -0.05) is 6.07 Å². The highest BCUT2D eigenvalue weighted by Gasteiger charge is 2.15. The molecule has 1 aromatic carbocycles. The summed E-state index contributed by atoms with van der Waals surface area (Å²) in [5, 5.41) is -0.0391. The van der Waals surface area contributed by atoms with Gasteiger partial charge in [0.1, 0.15) is 5.82 Å². The summed E-state index contributed by atoms with van der Waals surface area (Å²) in [6.07, 6.45) is 1.35. The molecule has 0 spiro atoms. The Hall–Kier alpha value is -1.86. The van der Waals surface area contributed by atoms with Gasteiger partial charge in [0.05, 0.1) is 4.90 Å². The Labute approximate surface area is 109 Å². The van der Waals surface area contributed by atoms with E-state index in [4.69, 9.17) is 17.3 Å². The lowest BCUT2D eigenvalue weighted by Crippen LogP contribution is -2.14. The maximum absolute atomic E-state index is 12.0. The molecule has 0 amide bonds. The van der Waals surface area contributed by atoms with Crippen molar-refractivity contribution in [2.24, 2.45) is 0 Å². The highest BCUT2D eigenvalue weighted by atomic mass is 35.5. The summed E-state index contributed by atoms with van der Waals surface area (Å²) in [4.78, 5) is 7.45. The molecule has 0 saturated heterocycles. The van der Waals surface area contributed by atoms with Crippen LogP contribution in [0.3, 0.4) is 0 Å². The van der Waals surface area contributed by atoms with Crippen molar-refractivity contribution in [2.75, 3.05) is 10.5 Å². The molecule has 2 rings (SSSR count). The van der Waals surface area contributed by atoms with E-state index in [-0.39, 0.29) is 16.0 Å². The first kappa shape index (κ1) is 12.6. The molecule has 0 aliphatic carbocycles. The molecular weight excluding hydrogens is 276 g/mol. The highest BCUT2D eigenvalue weighted by molar-refractivity contribution is 7.92. The minimum Gasteiger partial charge on any atom is -0.399 e. The summed E-state index contributed by atoms with van der Waals surface area (Å²) in [7, 11) is -3.73. The molecule has 18 heavy (non-hydrogen) atoms. The van der Waals surface area contributed by atoms with Crippen LogP contribution in [0.25, 0.3) is 0 Å². The summed E-state index contributed by atoms with van der Waals surface area (Å²) < 4.78 is 26.3. The number of nitrogens with zero attached hydrogens (tertiary/aromatic N) is 2. The van der Waals surface area contributed by atoms with E-state index in [9.17, 15) is 8.42 Å². The van der Waals surface area contributed by atoms with E-state index in [1.165, 1.54) is 24.4 Å². The molecule has 1 heterocycles. The number of halogens is 1. The molecule has 0 unspecified atom stereocenters. The first-order chi connectivity index (χ1) is 8.47. The van der Waals surface area contributed by atoms with Crippen molar-refractivity contribution in [3.8, 4) is 0 Å². The number of nitrogen functional groups attached to an aromatic ring is 1. The van der Waals surface area contributed by atoms with E-state index < -0.39 is 10.0 Å². The Morgan fingerprint density at radius 3 is 2.72 bits per heavy atom. The van der Waals surface area contributed by atoms with Gasteiger partial charge in [-0.25, -0.2) is 13.4 Å². The number of sulfonamides is 1. The van der Waals surface area contributed by atoms with Gasteiger partial charge in [0.15, 0.2) is 0 Å². The van der Waals surface area contributed by atoms with E-state index in [0.717, 1.165) is 0 Å². The van der Waals surface area contributed by atoms with Gasteiger partial charge < -0.3 is 5.73 Å². The zero-order chi connectivity index (χ0) is 13.2. The fourth-order valence-corrected chi connectivity index (χ4v) is 2.47. The maximum Gasteiger partial charge on any atom is 0.263 e. The zero-order valence-corrected chi connectivity index (χ0v) is 10.6. The lowest BCUT2D eigenvalue weighted by molar-refractivity contribution is 0.601. The van der Waals surface area contributed by atoms with Crippen molar-refractivity contribution in [3.63, 3.8) is 0 Å². The average molecular weight is 285 g/mol. The Kier molecular flexibility index (Phi) is 3.35. The van der Waals surface area contributed by atoms with Crippen LogP contribution in [0, 0.1) is 0 Å². The average Bonchev–Trinajstić information content (AvgIpc) is 2.28. The zero-order valence-electron chi connectivity index (χ0n) is 9.04. The number of anilines is 2. The number of hydrogen-bond donors (Lipinski definition) is 2. The molecule has 6 nitrogen and oxygen atoms in total. The van der Waals surface area contributed by atoms with Gasteiger partial charge in [-0.15, -0.1) is 0 Å². The van der Waals surface area contributed by atoms with Gasteiger partial charge in [0, 0.05) is 11.9 Å². The van der Waals surface area contributed by atoms with Crippen molar-refractivity contribution in [1.29, 1.82) is 0 Å². The van der Waals surface area contributed by atoms with Crippen molar-refractivity contribution in [1.82, 2.24) is 9.97 Å². The normalized spacial score (nSPS) is 11.2. The van der Waals surface area contributed by atoms with Crippen LogP contribution in [0.1, 0.15) is 0 Å². The second-order valence-corrected chi connectivity index (χ2v) is 5.41. The number of hydrogen-bond acceptors (Lipinski definition) is 5. The molecular formula is C10H9ClN4O2S. The molecule has 2 aromatic rings. The third kappa shape index (κ3) is 2.88. The van der Waals surface area contributed by atoms with Crippen LogP contribution in [-0.4, -0.2) is 18.4 Å². The third-order valence-electron chi connectivity index (χ3n) is 2.03. The lowest BCUT2D eigenvalue weighted by Gasteiger charge is -2.07. The molecule has 1 aromatic heterocycles. The van der Waals surface area contributed by atoms with Crippen molar-refractivity contribution in [3.05, 3.63) is 41.8 Å². The van der Waals surface area contributed by atoms with Crippen molar-refractivity contribution in [2.45, 2.75) is 4.90 Å². The summed E-state index contributed by atoms with van der Waals surface area (Å²) in [5.74, 6) is 0.0948. The number of benzene rings is 1. The SMILES string of the molecule is Nc1cccc(S(=O)(=O)Nc2ccnc(Cl)n2)c1. The summed E-state index contributed by atoms with van der Waals surface area (Å²) in [6, 6.07) is 7.33. The fraction of sp³-hybridized carbons (Fsp3) is 0. The fourth-order valence-electron chi connectivity index (χ4n) is 1.27. The summed E-state index contributed by atoms with van der Waals surface area (Å²) in [5.41, 5.74) is 5.89. The predicted molar refractivity (Wildman–Crippen MR) is 68.7 cm³/mol. The summed E-state index contributed by atoms with van der Waals surface area (Å²) >= 11 is 5.57. The maximum atomic E-state index is 12.0. The number of nitrogens with one attached hydrogen (secondary N) is 1. The monoisotopic (exact) mass is 284 g/mol. The largest absolute Gasteiger partial charge is 0.399 e. The standard InChI is InChI=1S/C10H9ClN4O2S/c11-10-13-5-4-9(14-10)15-18(16,17)8-3-1-2-7(12)6-8/h1-6H,12H2,(H,13,14,15). The highest BCUT2D eigenvalue weighted by Crippen LogP contribution is 2.16. The number of aromatic nitrogens is 2. The van der Waals surface area contributed by atoms with Crippen LogP contribution in [0.4, 0.5) is 11.5 Å². The van der Waals surface area contributed by atoms with Gasteiger partial charge in [-0.3, -0.25) is 4.72 Å². The summed E-state index contributed by atoms with van der Waals surface area (Å²) in [6.45, 7) is 0. The van der Waals surface area contributed by atoms with E-state index in [0.29, 0.717) is 5.69 Å². The number of rotatable bonds is 3. The Morgan fingerprint density at radius 1 is 1.28 bits per heavy atom. The molecule has 3 N–H and O–H groups in total. The molecule has 0 fully saturated rings. The number of nitrogens with two attached hydrogens (primary N) is 1. The molecule has 0 atom stereocenters. The first-order valence-electron chi connectivity index (χ1n) is 4.84. The van der Waals surface area contributed by atoms with Crippen LogP contribution in [0.15, 0.2) is 41.4 Å².